The predicted octanol–water partition coefficient (Wildman–Crippen LogP) is 3.87. The molecule has 0 bridgehead atoms. The highest BCUT2D eigenvalue weighted by atomic mass is 35.5. The largest absolute Gasteiger partial charge is 0.492 e. The molecule has 1 saturated heterocycles. The van der Waals surface area contributed by atoms with Gasteiger partial charge in [-0.25, -0.2) is 4.68 Å². The monoisotopic (exact) mass is 427 g/mol. The van der Waals surface area contributed by atoms with E-state index in [1.807, 2.05) is 11.6 Å². The van der Waals surface area contributed by atoms with E-state index in [4.69, 9.17) is 16.3 Å². The van der Waals surface area contributed by atoms with Crippen molar-refractivity contribution in [3.8, 4) is 5.75 Å². The Balaban J connectivity index is 0.00000280. The molecule has 0 atom stereocenters. The summed E-state index contributed by atoms with van der Waals surface area (Å²) in [5.74, 6) is 0.724. The Kier molecular flexibility index (Phi) is 8.10. The van der Waals surface area contributed by atoms with Crippen LogP contribution in [0.2, 0.25) is 5.02 Å². The number of nitrogens with zero attached hydrogens (tertiary/aromatic N) is 3. The summed E-state index contributed by atoms with van der Waals surface area (Å²) in [6, 6.07) is 5.50. The molecule has 154 valence electrons. The molecule has 1 fully saturated rings. The summed E-state index contributed by atoms with van der Waals surface area (Å²) in [6.07, 6.45) is 1.97. The fourth-order valence-corrected chi connectivity index (χ4v) is 3.33. The summed E-state index contributed by atoms with van der Waals surface area (Å²) in [7, 11) is 0. The van der Waals surface area contributed by atoms with Gasteiger partial charge < -0.3 is 15.4 Å². The molecule has 0 radical (unpaired) electrons. The minimum atomic E-state index is -0.292. The standard InChI is InChI=1S/C19H26ClN5O2.ClH/c1-12(2)11-27-17-5-4-14(10-16(17)20)22-19(26)18-13(3)25(24-23-18)15-6-8-21-9-7-15;/h4-5,10,12,15,21H,6-9,11H2,1-3H3,(H,22,26);1H. The van der Waals surface area contributed by atoms with Crippen molar-refractivity contribution < 1.29 is 9.53 Å². The van der Waals surface area contributed by atoms with Gasteiger partial charge in [-0.05, 0) is 57.0 Å². The normalized spacial score (nSPS) is 14.6. The van der Waals surface area contributed by atoms with Crippen molar-refractivity contribution in [1.82, 2.24) is 20.3 Å². The molecular formula is C19H27Cl2N5O2. The van der Waals surface area contributed by atoms with Crippen molar-refractivity contribution in [2.45, 2.75) is 39.7 Å². The highest BCUT2D eigenvalue weighted by Crippen LogP contribution is 2.28. The molecule has 9 heteroatoms. The first kappa shape index (κ1) is 22.5. The molecule has 0 aliphatic carbocycles. The van der Waals surface area contributed by atoms with Crippen LogP contribution in [0.15, 0.2) is 18.2 Å². The number of halogens is 2. The number of piperidine rings is 1. The maximum absolute atomic E-state index is 12.6. The third-order valence-electron chi connectivity index (χ3n) is 4.56. The van der Waals surface area contributed by atoms with Crippen LogP contribution in [-0.2, 0) is 0 Å². The Hall–Kier alpha value is -1.83. The predicted molar refractivity (Wildman–Crippen MR) is 113 cm³/mol. The lowest BCUT2D eigenvalue weighted by atomic mass is 10.1. The van der Waals surface area contributed by atoms with Gasteiger partial charge in [0.2, 0.25) is 0 Å². The summed E-state index contributed by atoms with van der Waals surface area (Å²) in [6.45, 7) is 8.52. The zero-order valence-corrected chi connectivity index (χ0v) is 17.9. The molecule has 2 N–H and O–H groups in total. The molecule has 1 aromatic heterocycles. The molecule has 1 amide bonds. The molecule has 0 unspecified atom stereocenters. The Labute approximate surface area is 176 Å². The van der Waals surface area contributed by atoms with E-state index in [0.717, 1.165) is 31.6 Å². The van der Waals surface area contributed by atoms with Gasteiger partial charge in [0.15, 0.2) is 5.69 Å². The molecule has 2 heterocycles. The summed E-state index contributed by atoms with van der Waals surface area (Å²) in [4.78, 5) is 12.6. The number of anilines is 1. The Morgan fingerprint density at radius 2 is 2.11 bits per heavy atom. The lowest BCUT2D eigenvalue weighted by molar-refractivity contribution is 0.102. The van der Waals surface area contributed by atoms with Crippen molar-refractivity contribution in [3.05, 3.63) is 34.6 Å². The number of carbonyl (C=O) groups is 1. The van der Waals surface area contributed by atoms with E-state index < -0.39 is 0 Å². The topological polar surface area (TPSA) is 81.1 Å². The number of rotatable bonds is 6. The van der Waals surface area contributed by atoms with E-state index in [0.29, 0.717) is 34.7 Å². The van der Waals surface area contributed by atoms with Crippen LogP contribution in [0, 0.1) is 12.8 Å². The first-order valence-electron chi connectivity index (χ1n) is 9.32. The lowest BCUT2D eigenvalue weighted by Gasteiger charge is -2.23. The molecule has 1 aliphatic heterocycles. The van der Waals surface area contributed by atoms with Crippen molar-refractivity contribution in [2.24, 2.45) is 5.92 Å². The van der Waals surface area contributed by atoms with Crippen LogP contribution in [0.5, 0.6) is 5.75 Å². The second-order valence-corrected chi connectivity index (χ2v) is 7.66. The van der Waals surface area contributed by atoms with E-state index in [9.17, 15) is 4.79 Å². The van der Waals surface area contributed by atoms with Gasteiger partial charge in [0.25, 0.3) is 5.91 Å². The van der Waals surface area contributed by atoms with Gasteiger partial charge >= 0.3 is 0 Å². The minimum absolute atomic E-state index is 0. The fraction of sp³-hybridized carbons (Fsp3) is 0.526. The molecule has 2 aromatic rings. The number of hydrogen-bond acceptors (Lipinski definition) is 5. The van der Waals surface area contributed by atoms with Crippen LogP contribution in [-0.4, -0.2) is 40.6 Å². The average molecular weight is 428 g/mol. The van der Waals surface area contributed by atoms with Gasteiger partial charge in [-0.2, -0.15) is 0 Å². The van der Waals surface area contributed by atoms with E-state index in [-0.39, 0.29) is 24.4 Å². The molecule has 0 saturated carbocycles. The fourth-order valence-electron chi connectivity index (χ4n) is 3.09. The minimum Gasteiger partial charge on any atom is -0.492 e. The summed E-state index contributed by atoms with van der Waals surface area (Å²) in [5.41, 5.74) is 1.71. The molecule has 1 aromatic carbocycles. The zero-order chi connectivity index (χ0) is 19.4. The van der Waals surface area contributed by atoms with Gasteiger partial charge in [0, 0.05) is 5.69 Å². The molecule has 1 aliphatic rings. The zero-order valence-electron chi connectivity index (χ0n) is 16.4. The number of ether oxygens (including phenoxy) is 1. The van der Waals surface area contributed by atoms with E-state index in [1.165, 1.54) is 0 Å². The second kappa shape index (κ2) is 10.1. The van der Waals surface area contributed by atoms with Gasteiger partial charge in [-0.1, -0.05) is 30.7 Å². The SMILES string of the molecule is Cc1c(C(=O)Nc2ccc(OCC(C)C)c(Cl)c2)nnn1C1CCNCC1.Cl. The Morgan fingerprint density at radius 1 is 1.39 bits per heavy atom. The smallest absolute Gasteiger partial charge is 0.278 e. The maximum atomic E-state index is 12.6. The summed E-state index contributed by atoms with van der Waals surface area (Å²) < 4.78 is 7.52. The van der Waals surface area contributed by atoms with Crippen molar-refractivity contribution >= 4 is 35.6 Å². The Bertz CT molecular complexity index is 804. The number of amides is 1. The molecule has 28 heavy (non-hydrogen) atoms. The van der Waals surface area contributed by atoms with Crippen LogP contribution >= 0.6 is 24.0 Å². The van der Waals surface area contributed by atoms with Crippen molar-refractivity contribution in [3.63, 3.8) is 0 Å². The van der Waals surface area contributed by atoms with Crippen LogP contribution in [0.4, 0.5) is 5.69 Å². The third-order valence-corrected chi connectivity index (χ3v) is 4.85. The number of aromatic nitrogens is 3. The van der Waals surface area contributed by atoms with Gasteiger partial charge in [0.05, 0.1) is 23.4 Å². The van der Waals surface area contributed by atoms with Crippen LogP contribution in [0.25, 0.3) is 0 Å². The summed E-state index contributed by atoms with van der Waals surface area (Å²) in [5, 5.41) is 14.9. The lowest BCUT2D eigenvalue weighted by Crippen LogP contribution is -2.30. The first-order chi connectivity index (χ1) is 13.0. The molecular weight excluding hydrogens is 401 g/mol. The quantitative estimate of drug-likeness (QED) is 0.730. The molecule has 7 nitrogen and oxygen atoms in total. The summed E-state index contributed by atoms with van der Waals surface area (Å²) >= 11 is 6.26. The first-order valence-corrected chi connectivity index (χ1v) is 9.69. The number of hydrogen-bond donors (Lipinski definition) is 2. The van der Waals surface area contributed by atoms with Crippen molar-refractivity contribution in [1.29, 1.82) is 0 Å². The Morgan fingerprint density at radius 3 is 2.75 bits per heavy atom. The van der Waals surface area contributed by atoms with Crippen molar-refractivity contribution in [2.75, 3.05) is 25.0 Å². The highest BCUT2D eigenvalue weighted by molar-refractivity contribution is 6.32. The number of benzene rings is 1. The highest BCUT2D eigenvalue weighted by Gasteiger charge is 2.23. The number of carbonyl (C=O) groups excluding carboxylic acids is 1. The van der Waals surface area contributed by atoms with Crippen LogP contribution < -0.4 is 15.4 Å². The second-order valence-electron chi connectivity index (χ2n) is 7.25. The van der Waals surface area contributed by atoms with Gasteiger partial charge in [-0.3, -0.25) is 4.79 Å². The maximum Gasteiger partial charge on any atom is 0.278 e. The van der Waals surface area contributed by atoms with E-state index in [2.05, 4.69) is 34.8 Å². The molecule has 0 spiro atoms. The van der Waals surface area contributed by atoms with Crippen LogP contribution in [0.3, 0.4) is 0 Å². The molecule has 3 rings (SSSR count). The van der Waals surface area contributed by atoms with Gasteiger partial charge in [0.1, 0.15) is 5.75 Å². The van der Waals surface area contributed by atoms with E-state index in [1.54, 1.807) is 18.2 Å². The van der Waals surface area contributed by atoms with Gasteiger partial charge in [-0.15, -0.1) is 17.5 Å². The third kappa shape index (κ3) is 5.37. The average Bonchev–Trinajstić information content (AvgIpc) is 3.03. The number of nitrogens with one attached hydrogen (secondary N) is 2. The van der Waals surface area contributed by atoms with Crippen LogP contribution in [0.1, 0.15) is 48.9 Å². The van der Waals surface area contributed by atoms with E-state index >= 15 is 0 Å².